The molecule has 0 fully saturated rings. The van der Waals surface area contributed by atoms with Gasteiger partial charge in [-0.05, 0) is 24.3 Å². The van der Waals surface area contributed by atoms with Gasteiger partial charge in [-0.2, -0.15) is 0 Å². The van der Waals surface area contributed by atoms with Crippen LogP contribution in [-0.4, -0.2) is 15.0 Å². The van der Waals surface area contributed by atoms with Crippen LogP contribution in [0.4, 0.5) is 0 Å². The molecule has 0 spiro atoms. The fourth-order valence-corrected chi connectivity index (χ4v) is 1.85. The molecule has 94 valence electrons. The van der Waals surface area contributed by atoms with E-state index in [9.17, 15) is 0 Å². The molecule has 0 aliphatic rings. The lowest BCUT2D eigenvalue weighted by Crippen LogP contribution is -2.03. The zero-order chi connectivity index (χ0) is 13.1. The van der Waals surface area contributed by atoms with E-state index in [2.05, 4.69) is 15.0 Å². The lowest BCUT2D eigenvalue weighted by molar-refractivity contribution is 0.457. The van der Waals surface area contributed by atoms with Crippen molar-refractivity contribution < 1.29 is 4.74 Å². The Kier molecular flexibility index (Phi) is 3.04. The van der Waals surface area contributed by atoms with Crippen molar-refractivity contribution in [2.24, 2.45) is 5.73 Å². The summed E-state index contributed by atoms with van der Waals surface area (Å²) in [5.41, 5.74) is 7.12. The smallest absolute Gasteiger partial charge is 0.242 e. The van der Waals surface area contributed by atoms with Gasteiger partial charge >= 0.3 is 0 Å². The van der Waals surface area contributed by atoms with Crippen LogP contribution < -0.4 is 10.5 Å². The van der Waals surface area contributed by atoms with Crippen molar-refractivity contribution >= 4 is 10.9 Å². The van der Waals surface area contributed by atoms with Gasteiger partial charge in [0.15, 0.2) is 0 Å². The van der Waals surface area contributed by atoms with Crippen molar-refractivity contribution in [1.29, 1.82) is 0 Å². The molecule has 0 aliphatic heterocycles. The molecule has 0 radical (unpaired) electrons. The van der Waals surface area contributed by atoms with Crippen LogP contribution >= 0.6 is 0 Å². The Morgan fingerprint density at radius 2 is 1.84 bits per heavy atom. The number of hydrogen-bond acceptors (Lipinski definition) is 5. The first-order valence-electron chi connectivity index (χ1n) is 5.90. The van der Waals surface area contributed by atoms with Crippen LogP contribution in [0, 0.1) is 0 Å². The summed E-state index contributed by atoms with van der Waals surface area (Å²) in [6.45, 7) is 0.284. The quantitative estimate of drug-likeness (QED) is 0.774. The molecule has 2 N–H and O–H groups in total. The van der Waals surface area contributed by atoms with Crippen LogP contribution in [0.15, 0.2) is 48.9 Å². The molecule has 2 heterocycles. The predicted molar refractivity (Wildman–Crippen MR) is 71.7 cm³/mol. The molecule has 0 amide bonds. The fraction of sp³-hybridized carbons (Fsp3) is 0.0714. The van der Waals surface area contributed by atoms with Gasteiger partial charge < -0.3 is 10.5 Å². The van der Waals surface area contributed by atoms with Gasteiger partial charge in [-0.3, -0.25) is 9.97 Å². The molecule has 2 aromatic heterocycles. The lowest BCUT2D eigenvalue weighted by atomic mass is 10.2. The highest BCUT2D eigenvalue weighted by molar-refractivity contribution is 5.85. The molecule has 1 aromatic carbocycles. The zero-order valence-corrected chi connectivity index (χ0v) is 10.2. The maximum Gasteiger partial charge on any atom is 0.242 e. The first-order valence-corrected chi connectivity index (χ1v) is 5.90. The largest absolute Gasteiger partial charge is 0.437 e. The van der Waals surface area contributed by atoms with Crippen LogP contribution in [0.25, 0.3) is 10.9 Å². The molecule has 3 aromatic rings. The second kappa shape index (κ2) is 4.99. The predicted octanol–water partition coefficient (Wildman–Crippen LogP) is 2.28. The summed E-state index contributed by atoms with van der Waals surface area (Å²) in [7, 11) is 0. The summed E-state index contributed by atoms with van der Waals surface area (Å²) in [5, 5.41) is 0.929. The zero-order valence-electron chi connectivity index (χ0n) is 10.2. The average molecular weight is 252 g/mol. The first-order chi connectivity index (χ1) is 9.38. The highest BCUT2D eigenvalue weighted by Gasteiger charge is 2.08. The third-order valence-electron chi connectivity index (χ3n) is 2.74. The Bertz CT molecular complexity index is 709. The van der Waals surface area contributed by atoms with Crippen LogP contribution in [0.1, 0.15) is 5.69 Å². The van der Waals surface area contributed by atoms with Crippen LogP contribution in [0.5, 0.6) is 11.6 Å². The van der Waals surface area contributed by atoms with Crippen molar-refractivity contribution in [2.75, 3.05) is 0 Å². The van der Waals surface area contributed by atoms with E-state index in [1.54, 1.807) is 18.6 Å². The number of benzene rings is 1. The third kappa shape index (κ3) is 2.23. The minimum absolute atomic E-state index is 0.284. The molecular formula is C14H12N4O. The Balaban J connectivity index is 2.06. The number of fused-ring (bicyclic) bond motifs is 1. The SMILES string of the molecule is NCc1nccnc1Oc1cccc2ncccc12. The van der Waals surface area contributed by atoms with E-state index in [-0.39, 0.29) is 6.54 Å². The van der Waals surface area contributed by atoms with E-state index in [0.717, 1.165) is 10.9 Å². The van der Waals surface area contributed by atoms with Gasteiger partial charge in [-0.25, -0.2) is 4.98 Å². The van der Waals surface area contributed by atoms with Gasteiger partial charge in [-0.1, -0.05) is 6.07 Å². The highest BCUT2D eigenvalue weighted by Crippen LogP contribution is 2.28. The van der Waals surface area contributed by atoms with Gasteiger partial charge in [0.2, 0.25) is 5.88 Å². The van der Waals surface area contributed by atoms with E-state index in [1.165, 1.54) is 0 Å². The molecule has 0 atom stereocenters. The summed E-state index contributed by atoms with van der Waals surface area (Å²) in [5.74, 6) is 1.13. The van der Waals surface area contributed by atoms with Gasteiger partial charge in [-0.15, -0.1) is 0 Å². The van der Waals surface area contributed by atoms with E-state index in [1.807, 2.05) is 30.3 Å². The lowest BCUT2D eigenvalue weighted by Gasteiger charge is -2.09. The van der Waals surface area contributed by atoms with E-state index >= 15 is 0 Å². The number of rotatable bonds is 3. The molecule has 0 unspecified atom stereocenters. The molecule has 5 nitrogen and oxygen atoms in total. The van der Waals surface area contributed by atoms with Gasteiger partial charge in [0.05, 0.1) is 5.52 Å². The molecule has 5 heteroatoms. The number of ether oxygens (including phenoxy) is 1. The summed E-state index contributed by atoms with van der Waals surface area (Å²) in [4.78, 5) is 12.6. The molecule has 0 saturated heterocycles. The number of hydrogen-bond donors (Lipinski definition) is 1. The van der Waals surface area contributed by atoms with Crippen molar-refractivity contribution in [2.45, 2.75) is 6.54 Å². The average Bonchev–Trinajstić information content (AvgIpc) is 2.48. The monoisotopic (exact) mass is 252 g/mol. The van der Waals surface area contributed by atoms with Crippen molar-refractivity contribution in [3.05, 3.63) is 54.6 Å². The topological polar surface area (TPSA) is 73.9 Å². The van der Waals surface area contributed by atoms with Gasteiger partial charge in [0.1, 0.15) is 11.4 Å². The van der Waals surface area contributed by atoms with Crippen molar-refractivity contribution in [3.8, 4) is 11.6 Å². The minimum atomic E-state index is 0.284. The van der Waals surface area contributed by atoms with Crippen LogP contribution in [-0.2, 0) is 6.54 Å². The number of nitrogens with zero attached hydrogens (tertiary/aromatic N) is 3. The Morgan fingerprint density at radius 1 is 0.947 bits per heavy atom. The maximum atomic E-state index is 5.82. The molecule has 0 saturated carbocycles. The van der Waals surface area contributed by atoms with Crippen LogP contribution in [0.2, 0.25) is 0 Å². The standard InChI is InChI=1S/C14H12N4O/c15-9-12-14(18-8-7-17-12)19-13-5-1-4-11-10(13)3-2-6-16-11/h1-8H,9,15H2. The Hall–Kier alpha value is -2.53. The molecular weight excluding hydrogens is 240 g/mol. The van der Waals surface area contributed by atoms with Gasteiger partial charge in [0, 0.05) is 30.5 Å². The second-order valence-corrected chi connectivity index (χ2v) is 3.94. The highest BCUT2D eigenvalue weighted by atomic mass is 16.5. The maximum absolute atomic E-state index is 5.82. The Morgan fingerprint density at radius 3 is 2.74 bits per heavy atom. The molecule has 0 bridgehead atoms. The second-order valence-electron chi connectivity index (χ2n) is 3.94. The number of pyridine rings is 1. The van der Waals surface area contributed by atoms with Crippen molar-refractivity contribution in [1.82, 2.24) is 15.0 Å². The van der Waals surface area contributed by atoms with Gasteiger partial charge in [0.25, 0.3) is 0 Å². The van der Waals surface area contributed by atoms with Crippen LogP contribution in [0.3, 0.4) is 0 Å². The molecule has 3 rings (SSSR count). The number of aromatic nitrogens is 3. The summed E-state index contributed by atoms with van der Waals surface area (Å²) in [6, 6.07) is 9.52. The number of nitrogens with two attached hydrogens (primary N) is 1. The van der Waals surface area contributed by atoms with E-state index < -0.39 is 0 Å². The third-order valence-corrected chi connectivity index (χ3v) is 2.74. The van der Waals surface area contributed by atoms with E-state index in [4.69, 9.17) is 10.5 Å². The Labute approximate surface area is 110 Å². The van der Waals surface area contributed by atoms with E-state index in [0.29, 0.717) is 17.3 Å². The van der Waals surface area contributed by atoms with Crippen molar-refractivity contribution in [3.63, 3.8) is 0 Å². The molecule has 0 aliphatic carbocycles. The summed E-state index contributed by atoms with van der Waals surface area (Å²) < 4.78 is 5.82. The minimum Gasteiger partial charge on any atom is -0.437 e. The summed E-state index contributed by atoms with van der Waals surface area (Å²) in [6.07, 6.45) is 4.93. The first kappa shape index (κ1) is 11.6. The normalized spacial score (nSPS) is 10.6. The fourth-order valence-electron chi connectivity index (χ4n) is 1.85. The molecule has 19 heavy (non-hydrogen) atoms. The summed E-state index contributed by atoms with van der Waals surface area (Å²) >= 11 is 0.